The Bertz CT molecular complexity index is 869. The molecule has 0 atom stereocenters. The number of fused-ring (bicyclic) bond motifs is 1. The summed E-state index contributed by atoms with van der Waals surface area (Å²) in [4.78, 5) is 4.68. The summed E-state index contributed by atoms with van der Waals surface area (Å²) in [7, 11) is 0. The second-order valence-corrected chi connectivity index (χ2v) is 5.90. The molecular formula is C20H18N2. The van der Waals surface area contributed by atoms with E-state index in [0.29, 0.717) is 11.5 Å². The van der Waals surface area contributed by atoms with Crippen LogP contribution in [0.1, 0.15) is 36.5 Å². The Morgan fingerprint density at radius 2 is 1.77 bits per heavy atom. The monoisotopic (exact) mass is 286 g/mol. The van der Waals surface area contributed by atoms with Crippen LogP contribution >= 0.6 is 0 Å². The Balaban J connectivity index is 2.27. The number of aromatic nitrogens is 1. The molecule has 0 unspecified atom stereocenters. The summed E-state index contributed by atoms with van der Waals surface area (Å²) < 4.78 is 0. The lowest BCUT2D eigenvalue weighted by Gasteiger charge is -2.15. The zero-order valence-corrected chi connectivity index (χ0v) is 13.1. The molecule has 0 saturated carbocycles. The molecule has 0 amide bonds. The van der Waals surface area contributed by atoms with E-state index < -0.39 is 0 Å². The molecule has 2 aromatic carbocycles. The molecule has 22 heavy (non-hydrogen) atoms. The van der Waals surface area contributed by atoms with Gasteiger partial charge in [0, 0.05) is 17.1 Å². The van der Waals surface area contributed by atoms with Crippen molar-refractivity contribution in [2.75, 3.05) is 0 Å². The van der Waals surface area contributed by atoms with Crippen LogP contribution in [0, 0.1) is 18.3 Å². The molecule has 108 valence electrons. The molecule has 0 spiro atoms. The molecule has 0 fully saturated rings. The fourth-order valence-corrected chi connectivity index (χ4v) is 3.07. The van der Waals surface area contributed by atoms with Crippen LogP contribution in [0.5, 0.6) is 0 Å². The zero-order valence-electron chi connectivity index (χ0n) is 13.1. The lowest BCUT2D eigenvalue weighted by Crippen LogP contribution is -1.97. The van der Waals surface area contributed by atoms with Crippen molar-refractivity contribution in [3.05, 3.63) is 65.4 Å². The predicted molar refractivity (Wildman–Crippen MR) is 90.7 cm³/mol. The number of nitrogens with zero attached hydrogens (tertiary/aromatic N) is 2. The number of benzene rings is 2. The third kappa shape index (κ3) is 2.35. The number of para-hydroxylation sites is 1. The van der Waals surface area contributed by atoms with Gasteiger partial charge < -0.3 is 0 Å². The Labute approximate surface area is 131 Å². The summed E-state index contributed by atoms with van der Waals surface area (Å²) in [6, 6.07) is 16.2. The van der Waals surface area contributed by atoms with Gasteiger partial charge in [-0.25, -0.2) is 0 Å². The molecular weight excluding hydrogens is 268 g/mol. The Morgan fingerprint density at radius 1 is 1.05 bits per heavy atom. The van der Waals surface area contributed by atoms with Gasteiger partial charge in [-0.3, -0.25) is 4.98 Å². The van der Waals surface area contributed by atoms with E-state index >= 15 is 0 Å². The molecule has 0 saturated heterocycles. The van der Waals surface area contributed by atoms with Gasteiger partial charge in [0.2, 0.25) is 0 Å². The topological polar surface area (TPSA) is 36.7 Å². The van der Waals surface area contributed by atoms with E-state index in [9.17, 15) is 0 Å². The Hall–Kier alpha value is -2.66. The van der Waals surface area contributed by atoms with Gasteiger partial charge in [0.15, 0.2) is 0 Å². The maximum absolute atomic E-state index is 8.94. The van der Waals surface area contributed by atoms with Crippen molar-refractivity contribution in [3.8, 4) is 17.2 Å². The van der Waals surface area contributed by atoms with Crippen LogP contribution in [0.25, 0.3) is 22.0 Å². The molecule has 0 radical (unpaired) electrons. The lowest BCUT2D eigenvalue weighted by molar-refractivity contribution is 0.864. The number of hydrogen-bond acceptors (Lipinski definition) is 2. The highest BCUT2D eigenvalue weighted by Gasteiger charge is 2.12. The highest BCUT2D eigenvalue weighted by Crippen LogP contribution is 2.33. The molecule has 3 rings (SSSR count). The maximum Gasteiger partial charge on any atom is 0.0991 e. The normalized spacial score (nSPS) is 10.9. The van der Waals surface area contributed by atoms with E-state index in [-0.39, 0.29) is 0 Å². The van der Waals surface area contributed by atoms with Crippen LogP contribution in [0.15, 0.2) is 48.7 Å². The molecule has 0 aliphatic rings. The van der Waals surface area contributed by atoms with E-state index in [1.807, 2.05) is 30.5 Å². The van der Waals surface area contributed by atoms with Gasteiger partial charge in [0.25, 0.3) is 0 Å². The van der Waals surface area contributed by atoms with Crippen molar-refractivity contribution in [3.63, 3.8) is 0 Å². The summed E-state index contributed by atoms with van der Waals surface area (Å²) in [5.74, 6) is 0.460. The minimum atomic E-state index is 0.460. The average molecular weight is 286 g/mol. The molecule has 1 heterocycles. The third-order valence-electron chi connectivity index (χ3n) is 4.04. The molecule has 2 heteroatoms. The first kappa shape index (κ1) is 14.3. The molecule has 0 aliphatic heterocycles. The molecule has 0 bridgehead atoms. The van der Waals surface area contributed by atoms with Crippen molar-refractivity contribution in [2.24, 2.45) is 0 Å². The Morgan fingerprint density at radius 3 is 2.41 bits per heavy atom. The van der Waals surface area contributed by atoms with E-state index in [1.54, 1.807) is 0 Å². The molecule has 3 aromatic rings. The highest BCUT2D eigenvalue weighted by atomic mass is 14.7. The van der Waals surface area contributed by atoms with Crippen LogP contribution < -0.4 is 0 Å². The van der Waals surface area contributed by atoms with E-state index in [2.05, 4.69) is 50.0 Å². The first-order valence-electron chi connectivity index (χ1n) is 7.50. The molecule has 0 aliphatic carbocycles. The predicted octanol–water partition coefficient (Wildman–Crippen LogP) is 5.21. The van der Waals surface area contributed by atoms with Crippen LogP contribution in [-0.4, -0.2) is 4.98 Å². The smallest absolute Gasteiger partial charge is 0.0991 e. The van der Waals surface area contributed by atoms with Crippen molar-refractivity contribution >= 4 is 10.9 Å². The van der Waals surface area contributed by atoms with Gasteiger partial charge in [-0.15, -0.1) is 0 Å². The fraction of sp³-hybridized carbons (Fsp3) is 0.200. The van der Waals surface area contributed by atoms with Gasteiger partial charge in [-0.05, 0) is 41.7 Å². The largest absolute Gasteiger partial charge is 0.255 e. The molecule has 2 nitrogen and oxygen atoms in total. The molecule has 0 N–H and O–H groups in total. The average Bonchev–Trinajstić information content (AvgIpc) is 2.53. The third-order valence-corrected chi connectivity index (χ3v) is 4.04. The summed E-state index contributed by atoms with van der Waals surface area (Å²) in [5, 5.41) is 10.2. The Kier molecular flexibility index (Phi) is 3.65. The second kappa shape index (κ2) is 5.61. The summed E-state index contributed by atoms with van der Waals surface area (Å²) >= 11 is 0. The van der Waals surface area contributed by atoms with Crippen LogP contribution in [0.2, 0.25) is 0 Å². The minimum Gasteiger partial charge on any atom is -0.255 e. The highest BCUT2D eigenvalue weighted by molar-refractivity contribution is 5.96. The number of rotatable bonds is 2. The van der Waals surface area contributed by atoms with E-state index in [4.69, 9.17) is 5.26 Å². The molecule has 1 aromatic heterocycles. The summed E-state index contributed by atoms with van der Waals surface area (Å²) in [5.41, 5.74) is 6.51. The van der Waals surface area contributed by atoms with E-state index in [1.165, 1.54) is 16.5 Å². The number of aryl methyl sites for hydroxylation is 1. The second-order valence-electron chi connectivity index (χ2n) is 5.90. The standard InChI is InChI=1S/C20H18N2/c1-13(2)19-14(3)12-22-20-17(5-4-6-18(19)20)16-9-7-15(11-21)8-10-16/h4-10,12-13H,1-3H3. The lowest BCUT2D eigenvalue weighted by atomic mass is 9.92. The first-order chi connectivity index (χ1) is 10.6. The minimum absolute atomic E-state index is 0.460. The van der Waals surface area contributed by atoms with Crippen molar-refractivity contribution < 1.29 is 0 Å². The van der Waals surface area contributed by atoms with Gasteiger partial charge in [0.1, 0.15) is 0 Å². The van der Waals surface area contributed by atoms with E-state index in [0.717, 1.165) is 16.6 Å². The fourth-order valence-electron chi connectivity index (χ4n) is 3.07. The van der Waals surface area contributed by atoms with Crippen molar-refractivity contribution in [1.29, 1.82) is 5.26 Å². The zero-order chi connectivity index (χ0) is 15.7. The van der Waals surface area contributed by atoms with Gasteiger partial charge in [-0.1, -0.05) is 44.2 Å². The quantitative estimate of drug-likeness (QED) is 0.648. The van der Waals surface area contributed by atoms with Gasteiger partial charge in [0.05, 0.1) is 17.1 Å². The SMILES string of the molecule is Cc1cnc2c(-c3ccc(C#N)cc3)cccc2c1C(C)C. The maximum atomic E-state index is 8.94. The van der Waals surface area contributed by atoms with Gasteiger partial charge >= 0.3 is 0 Å². The van der Waals surface area contributed by atoms with Crippen LogP contribution in [-0.2, 0) is 0 Å². The first-order valence-corrected chi connectivity index (χ1v) is 7.50. The van der Waals surface area contributed by atoms with Gasteiger partial charge in [-0.2, -0.15) is 5.26 Å². The number of nitriles is 1. The number of pyridine rings is 1. The van der Waals surface area contributed by atoms with Crippen molar-refractivity contribution in [2.45, 2.75) is 26.7 Å². The summed E-state index contributed by atoms with van der Waals surface area (Å²) in [6.07, 6.45) is 1.96. The van der Waals surface area contributed by atoms with Crippen LogP contribution in [0.3, 0.4) is 0 Å². The van der Waals surface area contributed by atoms with Crippen LogP contribution in [0.4, 0.5) is 0 Å². The summed E-state index contributed by atoms with van der Waals surface area (Å²) in [6.45, 7) is 6.56. The number of hydrogen-bond donors (Lipinski definition) is 0. The van der Waals surface area contributed by atoms with Crippen molar-refractivity contribution in [1.82, 2.24) is 4.98 Å².